The molecule has 8 heteroatoms. The van der Waals surface area contributed by atoms with Crippen molar-refractivity contribution in [3.05, 3.63) is 53.6 Å². The Labute approximate surface area is 161 Å². The van der Waals surface area contributed by atoms with E-state index in [1.54, 1.807) is 0 Å². The third kappa shape index (κ3) is 3.71. The number of nitrogens with one attached hydrogen (secondary N) is 1. The Morgan fingerprint density at radius 2 is 2.15 bits per heavy atom. The average Bonchev–Trinajstić information content (AvgIpc) is 3.30. The molecule has 7 nitrogen and oxygen atoms in total. The molecule has 3 heterocycles. The summed E-state index contributed by atoms with van der Waals surface area (Å²) in [5, 5.41) is 7.19. The maximum absolute atomic E-state index is 12.6. The first-order chi connectivity index (χ1) is 13.1. The molecule has 0 aliphatic carbocycles. The van der Waals surface area contributed by atoms with Gasteiger partial charge in [-0.1, -0.05) is 23.9 Å². The van der Waals surface area contributed by atoms with Crippen molar-refractivity contribution in [2.24, 2.45) is 0 Å². The Balaban J connectivity index is 1.45. The normalized spacial score (nSPS) is 15.7. The predicted octanol–water partition coefficient (Wildman–Crippen LogP) is 3.04. The summed E-state index contributed by atoms with van der Waals surface area (Å²) >= 11 is 1.35. The Morgan fingerprint density at radius 3 is 2.93 bits per heavy atom. The van der Waals surface area contributed by atoms with Crippen LogP contribution in [0.15, 0.2) is 41.8 Å². The number of hydrogen-bond acceptors (Lipinski definition) is 6. The fraction of sp³-hybridized carbons (Fsp3) is 0.316. The number of hydrogen-bond donors (Lipinski definition) is 1. The number of aromatic nitrogens is 4. The third-order valence-corrected chi connectivity index (χ3v) is 5.44. The first-order valence-corrected chi connectivity index (χ1v) is 9.67. The zero-order valence-corrected chi connectivity index (χ0v) is 16.0. The molecule has 0 unspecified atom stereocenters. The van der Waals surface area contributed by atoms with Gasteiger partial charge in [0.1, 0.15) is 12.9 Å². The van der Waals surface area contributed by atoms with E-state index in [0.29, 0.717) is 24.1 Å². The molecule has 27 heavy (non-hydrogen) atoms. The molecule has 1 atom stereocenters. The summed E-state index contributed by atoms with van der Waals surface area (Å²) < 4.78 is 14.0. The number of ketones is 1. The molecule has 1 aliphatic rings. The predicted molar refractivity (Wildman–Crippen MR) is 102 cm³/mol. The number of H-pyrrole nitrogens is 1. The number of carbonyl (C=O) groups is 1. The lowest BCUT2D eigenvalue weighted by Gasteiger charge is -2.27. The molecule has 1 N–H and O–H groups in total. The first kappa shape index (κ1) is 17.7. The van der Waals surface area contributed by atoms with E-state index in [2.05, 4.69) is 19.7 Å². The standard InChI is InChI=1S/C19H20N4O3S/c1-12-7-15(16(24)10-27-19-20-11-21-22-19)13(2)23(12)8-14-9-25-17-5-3-4-6-18(17)26-14/h3-7,11,14H,8-10H2,1-2H3,(H,20,21,22)/t14-/m0/s1. The van der Waals surface area contributed by atoms with E-state index in [-0.39, 0.29) is 11.9 Å². The van der Waals surface area contributed by atoms with Gasteiger partial charge in [-0.15, -0.1) is 0 Å². The first-order valence-electron chi connectivity index (χ1n) is 8.68. The average molecular weight is 384 g/mol. The molecule has 0 saturated carbocycles. The third-order valence-electron chi connectivity index (χ3n) is 4.56. The smallest absolute Gasteiger partial charge is 0.183 e. The van der Waals surface area contributed by atoms with Gasteiger partial charge in [-0.05, 0) is 32.0 Å². The molecule has 3 aromatic rings. The molecule has 2 aromatic heterocycles. The molecule has 0 spiro atoms. The molecule has 0 saturated heterocycles. The molecule has 4 rings (SSSR count). The minimum absolute atomic E-state index is 0.0712. The number of aryl methyl sites for hydroxylation is 1. The Bertz CT molecular complexity index is 952. The minimum atomic E-state index is -0.101. The lowest BCUT2D eigenvalue weighted by atomic mass is 10.2. The van der Waals surface area contributed by atoms with Crippen LogP contribution in [-0.2, 0) is 6.54 Å². The van der Waals surface area contributed by atoms with Gasteiger partial charge in [-0.3, -0.25) is 9.89 Å². The number of aromatic amines is 1. The summed E-state index contributed by atoms with van der Waals surface area (Å²) in [5.41, 5.74) is 2.71. The van der Waals surface area contributed by atoms with E-state index >= 15 is 0 Å². The maximum Gasteiger partial charge on any atom is 0.183 e. The molecule has 0 amide bonds. The number of para-hydroxylation sites is 2. The second-order valence-electron chi connectivity index (χ2n) is 6.40. The summed E-state index contributed by atoms with van der Waals surface area (Å²) in [4.78, 5) is 16.7. The second-order valence-corrected chi connectivity index (χ2v) is 7.36. The van der Waals surface area contributed by atoms with E-state index in [9.17, 15) is 4.79 Å². The summed E-state index contributed by atoms with van der Waals surface area (Å²) in [7, 11) is 0. The van der Waals surface area contributed by atoms with E-state index in [1.807, 2.05) is 44.2 Å². The molecule has 0 fully saturated rings. The number of rotatable bonds is 6. The van der Waals surface area contributed by atoms with Crippen LogP contribution < -0.4 is 9.47 Å². The summed E-state index contributed by atoms with van der Waals surface area (Å²) in [5.74, 6) is 1.92. The van der Waals surface area contributed by atoms with Crippen LogP contribution in [0.25, 0.3) is 0 Å². The van der Waals surface area contributed by atoms with Crippen LogP contribution in [0.2, 0.25) is 0 Å². The Hall–Kier alpha value is -2.74. The monoisotopic (exact) mass is 384 g/mol. The van der Waals surface area contributed by atoms with Gasteiger partial charge in [0.15, 0.2) is 28.5 Å². The van der Waals surface area contributed by atoms with Gasteiger partial charge in [0.05, 0.1) is 12.3 Å². The van der Waals surface area contributed by atoms with E-state index in [0.717, 1.165) is 28.5 Å². The van der Waals surface area contributed by atoms with Crippen molar-refractivity contribution < 1.29 is 14.3 Å². The van der Waals surface area contributed by atoms with Gasteiger partial charge in [0.2, 0.25) is 0 Å². The van der Waals surface area contributed by atoms with Crippen molar-refractivity contribution in [2.75, 3.05) is 12.4 Å². The highest BCUT2D eigenvalue weighted by Crippen LogP contribution is 2.31. The lowest BCUT2D eigenvalue weighted by Crippen LogP contribution is -2.33. The van der Waals surface area contributed by atoms with Crippen LogP contribution in [0.3, 0.4) is 0 Å². The summed E-state index contributed by atoms with van der Waals surface area (Å²) in [6, 6.07) is 9.61. The van der Waals surface area contributed by atoms with Crippen molar-refractivity contribution in [2.45, 2.75) is 31.7 Å². The highest BCUT2D eigenvalue weighted by Gasteiger charge is 2.24. The van der Waals surface area contributed by atoms with Gasteiger partial charge in [0.25, 0.3) is 0 Å². The zero-order valence-electron chi connectivity index (χ0n) is 15.1. The van der Waals surface area contributed by atoms with Crippen molar-refractivity contribution in [3.63, 3.8) is 0 Å². The fourth-order valence-corrected chi connectivity index (χ4v) is 3.86. The summed E-state index contributed by atoms with van der Waals surface area (Å²) in [6.45, 7) is 5.09. The number of carbonyl (C=O) groups excluding carboxylic acids is 1. The van der Waals surface area contributed by atoms with Gasteiger partial charge in [0, 0.05) is 17.0 Å². The highest BCUT2D eigenvalue weighted by atomic mass is 32.2. The zero-order chi connectivity index (χ0) is 18.8. The van der Waals surface area contributed by atoms with Crippen molar-refractivity contribution in [3.8, 4) is 11.5 Å². The summed E-state index contributed by atoms with van der Waals surface area (Å²) in [6.07, 6.45) is 1.33. The van der Waals surface area contributed by atoms with Crippen LogP contribution in [0, 0.1) is 13.8 Å². The number of ether oxygens (including phenoxy) is 2. The van der Waals surface area contributed by atoms with Crippen molar-refractivity contribution >= 4 is 17.5 Å². The number of benzene rings is 1. The van der Waals surface area contributed by atoms with E-state index in [1.165, 1.54) is 18.1 Å². The number of fused-ring (bicyclic) bond motifs is 1. The van der Waals surface area contributed by atoms with Crippen molar-refractivity contribution in [1.82, 2.24) is 19.7 Å². The largest absolute Gasteiger partial charge is 0.486 e. The van der Waals surface area contributed by atoms with Gasteiger partial charge in [-0.25, -0.2) is 4.98 Å². The number of thioether (sulfide) groups is 1. The van der Waals surface area contributed by atoms with Crippen LogP contribution >= 0.6 is 11.8 Å². The van der Waals surface area contributed by atoms with Gasteiger partial charge in [-0.2, -0.15) is 5.10 Å². The fourth-order valence-electron chi connectivity index (χ4n) is 3.20. The molecule has 140 valence electrons. The quantitative estimate of drug-likeness (QED) is 0.520. The topological polar surface area (TPSA) is 82.0 Å². The van der Waals surface area contributed by atoms with Crippen molar-refractivity contribution in [1.29, 1.82) is 0 Å². The molecular formula is C19H20N4O3S. The lowest BCUT2D eigenvalue weighted by molar-refractivity contribution is 0.0777. The molecule has 1 aromatic carbocycles. The Morgan fingerprint density at radius 1 is 1.33 bits per heavy atom. The molecule has 0 radical (unpaired) electrons. The van der Waals surface area contributed by atoms with Gasteiger partial charge >= 0.3 is 0 Å². The maximum atomic E-state index is 12.6. The van der Waals surface area contributed by atoms with Gasteiger partial charge < -0.3 is 14.0 Å². The molecular weight excluding hydrogens is 364 g/mol. The second kappa shape index (κ2) is 7.48. The number of Topliss-reactive ketones (excluding diaryl/α,β-unsaturated/α-hetero) is 1. The molecule has 1 aliphatic heterocycles. The minimum Gasteiger partial charge on any atom is -0.486 e. The molecule has 0 bridgehead atoms. The Kier molecular flexibility index (Phi) is 4.89. The van der Waals surface area contributed by atoms with Crippen LogP contribution in [0.4, 0.5) is 0 Å². The number of nitrogens with zero attached hydrogens (tertiary/aromatic N) is 3. The van der Waals surface area contributed by atoms with Crippen LogP contribution in [-0.4, -0.2) is 44.0 Å². The van der Waals surface area contributed by atoms with Crippen LogP contribution in [0.5, 0.6) is 11.5 Å². The van der Waals surface area contributed by atoms with E-state index in [4.69, 9.17) is 9.47 Å². The van der Waals surface area contributed by atoms with Crippen LogP contribution in [0.1, 0.15) is 21.7 Å². The SMILES string of the molecule is Cc1cc(C(=O)CSc2ncn[nH]2)c(C)n1C[C@H]1COc2ccccc2O1. The van der Waals surface area contributed by atoms with E-state index < -0.39 is 0 Å². The highest BCUT2D eigenvalue weighted by molar-refractivity contribution is 7.99.